The number of hydrogen-bond donors (Lipinski definition) is 2. The second-order valence-corrected chi connectivity index (χ2v) is 9.73. The van der Waals surface area contributed by atoms with Crippen LogP contribution in [0.4, 0.5) is 11.4 Å². The molecule has 30 heavy (non-hydrogen) atoms. The zero-order valence-corrected chi connectivity index (χ0v) is 19.3. The largest absolute Gasteiger partial charge is 0.494 e. The van der Waals surface area contributed by atoms with Crippen molar-refractivity contribution in [3.05, 3.63) is 40.9 Å². The summed E-state index contributed by atoms with van der Waals surface area (Å²) in [6.07, 6.45) is 5.01. The van der Waals surface area contributed by atoms with Gasteiger partial charge in [-0.2, -0.15) is 0 Å². The zero-order chi connectivity index (χ0) is 21.7. The zero-order valence-electron chi connectivity index (χ0n) is 16.9. The summed E-state index contributed by atoms with van der Waals surface area (Å²) in [4.78, 5) is 12.8. The third kappa shape index (κ3) is 5.26. The molecule has 9 heteroatoms. The number of rotatable bonds is 7. The topological polar surface area (TPSA) is 93.7 Å². The molecule has 3 rings (SSSR count). The number of hydrogen-bond acceptors (Lipinski definition) is 5. The number of amides is 1. The van der Waals surface area contributed by atoms with E-state index in [0.29, 0.717) is 11.4 Å². The van der Waals surface area contributed by atoms with Crippen LogP contribution in [0.2, 0.25) is 0 Å². The monoisotopic (exact) mass is 496 g/mol. The van der Waals surface area contributed by atoms with Gasteiger partial charge in [0.15, 0.2) is 0 Å². The molecular formula is C21H25BrN2O5S. The minimum atomic E-state index is -3.83. The lowest BCUT2D eigenvalue weighted by Crippen LogP contribution is -2.25. The lowest BCUT2D eigenvalue weighted by Gasteiger charge is -2.22. The van der Waals surface area contributed by atoms with E-state index in [2.05, 4.69) is 26.0 Å². The van der Waals surface area contributed by atoms with Crippen LogP contribution in [-0.2, 0) is 14.8 Å². The first-order valence-electron chi connectivity index (χ1n) is 9.69. The molecule has 2 aromatic rings. The highest BCUT2D eigenvalue weighted by Crippen LogP contribution is 2.38. The molecule has 0 aliphatic heterocycles. The van der Waals surface area contributed by atoms with Crippen LogP contribution in [-0.4, -0.2) is 28.5 Å². The van der Waals surface area contributed by atoms with Crippen molar-refractivity contribution in [1.29, 1.82) is 0 Å². The number of anilines is 2. The summed E-state index contributed by atoms with van der Waals surface area (Å²) < 4.78 is 39.6. The molecule has 7 nitrogen and oxygen atoms in total. The summed E-state index contributed by atoms with van der Waals surface area (Å²) in [6, 6.07) is 9.36. The van der Waals surface area contributed by atoms with Gasteiger partial charge in [-0.25, -0.2) is 8.42 Å². The first kappa shape index (κ1) is 22.4. The summed E-state index contributed by atoms with van der Waals surface area (Å²) in [5, 5.41) is 2.91. The maximum absolute atomic E-state index is 12.8. The van der Waals surface area contributed by atoms with E-state index >= 15 is 0 Å². The summed E-state index contributed by atoms with van der Waals surface area (Å²) in [5.74, 6) is 0.534. The van der Waals surface area contributed by atoms with Crippen LogP contribution in [0.1, 0.15) is 32.1 Å². The van der Waals surface area contributed by atoms with E-state index in [1.165, 1.54) is 32.4 Å². The van der Waals surface area contributed by atoms with Crippen molar-refractivity contribution >= 4 is 43.2 Å². The van der Waals surface area contributed by atoms with Crippen LogP contribution in [0.25, 0.3) is 0 Å². The Morgan fingerprint density at radius 1 is 0.967 bits per heavy atom. The van der Waals surface area contributed by atoms with Crippen LogP contribution in [0.3, 0.4) is 0 Å². The molecule has 2 N–H and O–H groups in total. The Morgan fingerprint density at radius 3 is 2.13 bits per heavy atom. The lowest BCUT2D eigenvalue weighted by molar-refractivity contribution is -0.120. The van der Waals surface area contributed by atoms with E-state index in [1.807, 2.05) is 0 Å². The first-order chi connectivity index (χ1) is 14.3. The van der Waals surface area contributed by atoms with Gasteiger partial charge in [-0.05, 0) is 37.1 Å². The molecule has 1 fully saturated rings. The molecule has 0 unspecified atom stereocenters. The second kappa shape index (κ2) is 9.70. The van der Waals surface area contributed by atoms with Gasteiger partial charge in [0.25, 0.3) is 10.0 Å². The van der Waals surface area contributed by atoms with Crippen molar-refractivity contribution in [3.63, 3.8) is 0 Å². The predicted octanol–water partition coefficient (Wildman–Crippen LogP) is 4.79. The Labute approximate surface area is 185 Å². The van der Waals surface area contributed by atoms with E-state index in [4.69, 9.17) is 9.47 Å². The van der Waals surface area contributed by atoms with Gasteiger partial charge in [0.2, 0.25) is 5.91 Å². The van der Waals surface area contributed by atoms with Gasteiger partial charge >= 0.3 is 0 Å². The number of benzene rings is 2. The molecule has 1 amide bonds. The van der Waals surface area contributed by atoms with Gasteiger partial charge in [0.1, 0.15) is 11.5 Å². The molecule has 0 spiro atoms. The fourth-order valence-corrected chi connectivity index (χ4v) is 4.82. The highest BCUT2D eigenvalue weighted by atomic mass is 79.9. The lowest BCUT2D eigenvalue weighted by atomic mass is 9.88. The van der Waals surface area contributed by atoms with Crippen molar-refractivity contribution in [2.75, 3.05) is 24.3 Å². The smallest absolute Gasteiger partial charge is 0.262 e. The number of halogens is 1. The van der Waals surface area contributed by atoms with Gasteiger partial charge < -0.3 is 14.8 Å². The van der Waals surface area contributed by atoms with Crippen LogP contribution in [0.5, 0.6) is 11.5 Å². The van der Waals surface area contributed by atoms with Crippen LogP contribution in [0, 0.1) is 5.92 Å². The molecule has 0 atom stereocenters. The molecule has 0 aromatic heterocycles. The van der Waals surface area contributed by atoms with E-state index < -0.39 is 10.0 Å². The van der Waals surface area contributed by atoms with Crippen molar-refractivity contribution in [3.8, 4) is 11.5 Å². The standard InChI is InChI=1S/C21H25BrN2O5S/c1-28-19-13-18(24-30(26,27)16-10-8-15(22)9-11-16)20(29-2)12-17(19)23-21(25)14-6-4-3-5-7-14/h8-14,24H,3-7H2,1-2H3,(H,23,25). The van der Waals surface area contributed by atoms with Crippen molar-refractivity contribution in [2.45, 2.75) is 37.0 Å². The molecule has 162 valence electrons. The van der Waals surface area contributed by atoms with Gasteiger partial charge in [0, 0.05) is 22.5 Å². The number of carbonyl (C=O) groups excluding carboxylic acids is 1. The van der Waals surface area contributed by atoms with E-state index in [1.54, 1.807) is 18.2 Å². The fourth-order valence-electron chi connectivity index (χ4n) is 3.49. The fraction of sp³-hybridized carbons (Fsp3) is 0.381. The Morgan fingerprint density at radius 2 is 1.53 bits per heavy atom. The first-order valence-corrected chi connectivity index (χ1v) is 12.0. The molecule has 0 bridgehead atoms. The Hall–Kier alpha value is -2.26. The molecule has 1 saturated carbocycles. The van der Waals surface area contributed by atoms with Crippen molar-refractivity contribution in [2.24, 2.45) is 5.92 Å². The van der Waals surface area contributed by atoms with E-state index in [9.17, 15) is 13.2 Å². The van der Waals surface area contributed by atoms with Gasteiger partial charge in [-0.1, -0.05) is 35.2 Å². The average molecular weight is 497 g/mol. The minimum absolute atomic E-state index is 0.0231. The minimum Gasteiger partial charge on any atom is -0.494 e. The predicted molar refractivity (Wildman–Crippen MR) is 120 cm³/mol. The average Bonchev–Trinajstić information content (AvgIpc) is 2.75. The maximum Gasteiger partial charge on any atom is 0.262 e. The normalized spacial score (nSPS) is 14.8. The molecular weight excluding hydrogens is 472 g/mol. The molecule has 1 aliphatic rings. The van der Waals surface area contributed by atoms with Crippen LogP contribution < -0.4 is 19.5 Å². The van der Waals surface area contributed by atoms with Gasteiger partial charge in [0.05, 0.1) is 30.5 Å². The van der Waals surface area contributed by atoms with Gasteiger partial charge in [-0.3, -0.25) is 9.52 Å². The molecule has 0 radical (unpaired) electrons. The SMILES string of the molecule is COc1cc(NS(=O)(=O)c2ccc(Br)cc2)c(OC)cc1NC(=O)C1CCCCC1. The maximum atomic E-state index is 12.8. The highest BCUT2D eigenvalue weighted by molar-refractivity contribution is 9.10. The third-order valence-electron chi connectivity index (χ3n) is 5.12. The molecule has 2 aromatic carbocycles. The Kier molecular flexibility index (Phi) is 7.25. The van der Waals surface area contributed by atoms with Crippen molar-refractivity contribution < 1.29 is 22.7 Å². The number of methoxy groups -OCH3 is 2. The van der Waals surface area contributed by atoms with E-state index in [-0.39, 0.29) is 28.2 Å². The van der Waals surface area contributed by atoms with E-state index in [0.717, 1.165) is 36.6 Å². The number of ether oxygens (including phenoxy) is 2. The van der Waals surface area contributed by atoms with Crippen LogP contribution >= 0.6 is 15.9 Å². The quantitative estimate of drug-likeness (QED) is 0.574. The summed E-state index contributed by atoms with van der Waals surface area (Å²) in [7, 11) is -0.935. The Balaban J connectivity index is 1.87. The number of nitrogens with one attached hydrogen (secondary N) is 2. The summed E-state index contributed by atoms with van der Waals surface area (Å²) in [6.45, 7) is 0. The van der Waals surface area contributed by atoms with Crippen LogP contribution in [0.15, 0.2) is 45.8 Å². The number of carbonyl (C=O) groups is 1. The highest BCUT2D eigenvalue weighted by Gasteiger charge is 2.24. The third-order valence-corrected chi connectivity index (χ3v) is 7.03. The number of sulfonamides is 1. The second-order valence-electron chi connectivity index (χ2n) is 7.14. The Bertz CT molecular complexity index is 1000. The molecule has 0 saturated heterocycles. The summed E-state index contributed by atoms with van der Waals surface area (Å²) >= 11 is 3.29. The van der Waals surface area contributed by atoms with Gasteiger partial charge in [-0.15, -0.1) is 0 Å². The molecule has 1 aliphatic carbocycles. The van der Waals surface area contributed by atoms with Crippen molar-refractivity contribution in [1.82, 2.24) is 0 Å². The summed E-state index contributed by atoms with van der Waals surface area (Å²) in [5.41, 5.74) is 0.657. The molecule has 0 heterocycles.